The first-order valence-corrected chi connectivity index (χ1v) is 6.31. The van der Waals surface area contributed by atoms with E-state index in [0.29, 0.717) is 28.6 Å². The maximum atomic E-state index is 13.8. The molecule has 0 bridgehead atoms. The molecule has 0 amide bonds. The maximum absolute atomic E-state index is 13.8. The second-order valence-corrected chi connectivity index (χ2v) is 4.84. The summed E-state index contributed by atoms with van der Waals surface area (Å²) < 4.78 is 13.8. The molecule has 0 heterocycles. The lowest BCUT2D eigenvalue weighted by Gasteiger charge is -2.11. The molecule has 0 aliphatic carbocycles. The molecule has 0 atom stereocenters. The van der Waals surface area contributed by atoms with Gasteiger partial charge in [-0.2, -0.15) is 0 Å². The zero-order valence-electron chi connectivity index (χ0n) is 9.59. The molecule has 1 nitrogen and oxygen atoms in total. The van der Waals surface area contributed by atoms with Crippen LogP contribution < -0.4 is 5.73 Å². The average molecular weight is 284 g/mol. The van der Waals surface area contributed by atoms with Crippen LogP contribution in [0.4, 0.5) is 4.39 Å². The second-order valence-electron chi connectivity index (χ2n) is 3.96. The van der Waals surface area contributed by atoms with E-state index in [4.69, 9.17) is 28.9 Å². The number of hydrogen-bond acceptors (Lipinski definition) is 1. The van der Waals surface area contributed by atoms with Crippen LogP contribution in [0.25, 0.3) is 11.1 Å². The average Bonchev–Trinajstić information content (AvgIpc) is 2.30. The van der Waals surface area contributed by atoms with Crippen molar-refractivity contribution >= 4 is 23.2 Å². The quantitative estimate of drug-likeness (QED) is 0.893. The number of halogens is 3. The molecule has 0 saturated heterocycles. The maximum Gasteiger partial charge on any atom is 0.127 e. The van der Waals surface area contributed by atoms with Gasteiger partial charge >= 0.3 is 0 Å². The fourth-order valence-electron chi connectivity index (χ4n) is 1.94. The Hall–Kier alpha value is -1.09. The molecule has 2 aromatic carbocycles. The Kier molecular flexibility index (Phi) is 4.23. The van der Waals surface area contributed by atoms with E-state index in [9.17, 15) is 4.39 Å². The van der Waals surface area contributed by atoms with Gasteiger partial charge in [0.05, 0.1) is 0 Å². The largest absolute Gasteiger partial charge is 0.330 e. The summed E-state index contributed by atoms with van der Waals surface area (Å²) in [5.74, 6) is -0.256. The number of benzene rings is 2. The summed E-state index contributed by atoms with van der Waals surface area (Å²) >= 11 is 11.9. The van der Waals surface area contributed by atoms with E-state index in [0.717, 1.165) is 11.1 Å². The van der Waals surface area contributed by atoms with Crippen LogP contribution in [0, 0.1) is 5.82 Å². The van der Waals surface area contributed by atoms with Crippen LogP contribution >= 0.6 is 23.2 Å². The second kappa shape index (κ2) is 5.70. The van der Waals surface area contributed by atoms with Gasteiger partial charge in [-0.25, -0.2) is 4.39 Å². The Bertz CT molecular complexity index is 549. The topological polar surface area (TPSA) is 26.0 Å². The molecule has 18 heavy (non-hydrogen) atoms. The van der Waals surface area contributed by atoms with Gasteiger partial charge in [-0.3, -0.25) is 0 Å². The van der Waals surface area contributed by atoms with Gasteiger partial charge in [-0.15, -0.1) is 0 Å². The summed E-state index contributed by atoms with van der Waals surface area (Å²) in [6.07, 6.45) is 0.478. The predicted octanol–water partition coefficient (Wildman–Crippen LogP) is 4.30. The molecule has 0 spiro atoms. The van der Waals surface area contributed by atoms with E-state index < -0.39 is 0 Å². The Morgan fingerprint density at radius 1 is 1.06 bits per heavy atom. The van der Waals surface area contributed by atoms with E-state index in [1.807, 2.05) is 6.07 Å². The van der Waals surface area contributed by atoms with Crippen molar-refractivity contribution in [1.29, 1.82) is 0 Å². The molecule has 0 saturated carbocycles. The van der Waals surface area contributed by atoms with Crippen LogP contribution in [0.5, 0.6) is 0 Å². The standard InChI is InChI=1S/C14H12Cl2FN/c15-10-6-9(7-11(16)8-10)12-2-1-3-14(17)13(12)4-5-18/h1-3,6-8H,4-5,18H2. The van der Waals surface area contributed by atoms with Crippen LogP contribution in [0.3, 0.4) is 0 Å². The highest BCUT2D eigenvalue weighted by Crippen LogP contribution is 2.30. The van der Waals surface area contributed by atoms with Crippen molar-refractivity contribution in [3.05, 3.63) is 57.8 Å². The smallest absolute Gasteiger partial charge is 0.127 e. The van der Waals surface area contributed by atoms with E-state index in [1.165, 1.54) is 6.07 Å². The molecule has 2 aromatic rings. The highest BCUT2D eigenvalue weighted by molar-refractivity contribution is 6.35. The molecule has 0 aliphatic rings. The minimum atomic E-state index is -0.256. The Balaban J connectivity index is 2.59. The van der Waals surface area contributed by atoms with Gasteiger partial charge in [0.25, 0.3) is 0 Å². The fraction of sp³-hybridized carbons (Fsp3) is 0.143. The van der Waals surface area contributed by atoms with Crippen LogP contribution in [0.15, 0.2) is 36.4 Å². The third kappa shape index (κ3) is 2.83. The first kappa shape index (κ1) is 13.3. The summed E-state index contributed by atoms with van der Waals surface area (Å²) in [6.45, 7) is 0.391. The monoisotopic (exact) mass is 283 g/mol. The van der Waals surface area contributed by atoms with E-state index in [1.54, 1.807) is 24.3 Å². The third-order valence-electron chi connectivity index (χ3n) is 2.69. The molecule has 4 heteroatoms. The van der Waals surface area contributed by atoms with Crippen LogP contribution in [-0.4, -0.2) is 6.54 Å². The normalized spacial score (nSPS) is 10.7. The number of rotatable bonds is 3. The highest BCUT2D eigenvalue weighted by atomic mass is 35.5. The molecule has 94 valence electrons. The van der Waals surface area contributed by atoms with Crippen molar-refractivity contribution in [3.63, 3.8) is 0 Å². The molecule has 0 radical (unpaired) electrons. The lowest BCUT2D eigenvalue weighted by atomic mass is 9.97. The molecule has 0 unspecified atom stereocenters. The van der Waals surface area contributed by atoms with Crippen molar-refractivity contribution in [2.45, 2.75) is 6.42 Å². The summed E-state index contributed by atoms with van der Waals surface area (Å²) in [5.41, 5.74) is 7.70. The van der Waals surface area contributed by atoms with Gasteiger partial charge in [0.1, 0.15) is 5.82 Å². The minimum Gasteiger partial charge on any atom is -0.330 e. The van der Waals surface area contributed by atoms with Crippen molar-refractivity contribution in [2.75, 3.05) is 6.54 Å². The summed E-state index contributed by atoms with van der Waals surface area (Å²) in [4.78, 5) is 0. The van der Waals surface area contributed by atoms with Crippen molar-refractivity contribution < 1.29 is 4.39 Å². The lowest BCUT2D eigenvalue weighted by molar-refractivity contribution is 0.610. The van der Waals surface area contributed by atoms with Gasteiger partial charge in [0, 0.05) is 10.0 Å². The van der Waals surface area contributed by atoms with E-state index in [-0.39, 0.29) is 5.82 Å². The van der Waals surface area contributed by atoms with Crippen molar-refractivity contribution in [2.24, 2.45) is 5.73 Å². The van der Waals surface area contributed by atoms with Gasteiger partial charge < -0.3 is 5.73 Å². The zero-order valence-corrected chi connectivity index (χ0v) is 11.1. The number of nitrogens with two attached hydrogens (primary N) is 1. The Morgan fingerprint density at radius 2 is 1.72 bits per heavy atom. The Morgan fingerprint density at radius 3 is 2.33 bits per heavy atom. The van der Waals surface area contributed by atoms with Gasteiger partial charge in [-0.05, 0) is 53.9 Å². The molecule has 0 fully saturated rings. The SMILES string of the molecule is NCCc1c(F)cccc1-c1cc(Cl)cc(Cl)c1. The van der Waals surface area contributed by atoms with Crippen LogP contribution in [0.1, 0.15) is 5.56 Å². The lowest BCUT2D eigenvalue weighted by Crippen LogP contribution is -2.06. The van der Waals surface area contributed by atoms with Crippen LogP contribution in [0.2, 0.25) is 10.0 Å². The van der Waals surface area contributed by atoms with Gasteiger partial charge in [0.2, 0.25) is 0 Å². The molecular formula is C14H12Cl2FN. The molecule has 2 N–H and O–H groups in total. The molecular weight excluding hydrogens is 272 g/mol. The van der Waals surface area contributed by atoms with Gasteiger partial charge in [-0.1, -0.05) is 35.3 Å². The van der Waals surface area contributed by atoms with Crippen LogP contribution in [-0.2, 0) is 6.42 Å². The third-order valence-corrected chi connectivity index (χ3v) is 3.12. The summed E-state index contributed by atoms with van der Waals surface area (Å²) in [6, 6.07) is 10.1. The summed E-state index contributed by atoms with van der Waals surface area (Å²) in [5, 5.41) is 1.06. The van der Waals surface area contributed by atoms with Gasteiger partial charge in [0.15, 0.2) is 0 Å². The molecule has 0 aromatic heterocycles. The predicted molar refractivity (Wildman–Crippen MR) is 74.6 cm³/mol. The first-order valence-electron chi connectivity index (χ1n) is 5.55. The molecule has 2 rings (SSSR count). The zero-order chi connectivity index (χ0) is 13.1. The summed E-state index contributed by atoms with van der Waals surface area (Å²) in [7, 11) is 0. The molecule has 0 aliphatic heterocycles. The number of hydrogen-bond donors (Lipinski definition) is 1. The minimum absolute atomic E-state index is 0.256. The Labute approximate surface area is 115 Å². The van der Waals surface area contributed by atoms with E-state index >= 15 is 0 Å². The first-order chi connectivity index (χ1) is 8.61. The van der Waals surface area contributed by atoms with Crippen molar-refractivity contribution in [1.82, 2.24) is 0 Å². The highest BCUT2D eigenvalue weighted by Gasteiger charge is 2.10. The fourth-order valence-corrected chi connectivity index (χ4v) is 2.46. The van der Waals surface area contributed by atoms with E-state index in [2.05, 4.69) is 0 Å². The van der Waals surface area contributed by atoms with Crippen molar-refractivity contribution in [3.8, 4) is 11.1 Å².